The van der Waals surface area contributed by atoms with Gasteiger partial charge in [0.2, 0.25) is 0 Å². The van der Waals surface area contributed by atoms with Crippen molar-refractivity contribution in [3.8, 4) is 10.8 Å². The van der Waals surface area contributed by atoms with E-state index in [4.69, 9.17) is 9.90 Å². The smallest absolute Gasteiger partial charge is 0.290 e. The maximum absolute atomic E-state index is 12.3. The minimum Gasteiger partial charge on any atom is -0.483 e. The highest BCUT2D eigenvalue weighted by Gasteiger charge is 2.19. The van der Waals surface area contributed by atoms with Gasteiger partial charge in [0.25, 0.3) is 12.4 Å². The number of nitrogens with zero attached hydrogens (tertiary/aromatic N) is 5. The van der Waals surface area contributed by atoms with Crippen LogP contribution in [0.15, 0.2) is 36.0 Å². The lowest BCUT2D eigenvalue weighted by Crippen LogP contribution is -2.27. The second-order valence-electron chi connectivity index (χ2n) is 6.18. The Balaban J connectivity index is 0.000000755. The van der Waals surface area contributed by atoms with Crippen molar-refractivity contribution >= 4 is 29.5 Å². The van der Waals surface area contributed by atoms with Crippen LogP contribution in [0.2, 0.25) is 0 Å². The lowest BCUT2D eigenvalue weighted by Gasteiger charge is -2.11. The van der Waals surface area contributed by atoms with Crippen LogP contribution in [-0.2, 0) is 17.6 Å². The number of fused-ring (bicyclic) bond motifs is 1. The predicted octanol–water partition coefficient (Wildman–Crippen LogP) is 1.66. The molecule has 9 nitrogen and oxygen atoms in total. The van der Waals surface area contributed by atoms with Crippen molar-refractivity contribution in [2.24, 2.45) is 0 Å². The summed E-state index contributed by atoms with van der Waals surface area (Å²) in [7, 11) is 2.00. The predicted molar refractivity (Wildman–Crippen MR) is 109 cm³/mol. The number of rotatable bonds is 5. The maximum Gasteiger partial charge on any atom is 0.290 e. The van der Waals surface area contributed by atoms with E-state index in [1.54, 1.807) is 24.5 Å². The first-order valence-electron chi connectivity index (χ1n) is 8.91. The molecular weight excluding hydrogens is 392 g/mol. The fourth-order valence-corrected chi connectivity index (χ4v) is 3.65. The van der Waals surface area contributed by atoms with Gasteiger partial charge in [-0.25, -0.2) is 19.9 Å². The Morgan fingerprint density at radius 1 is 1.31 bits per heavy atom. The second kappa shape index (κ2) is 9.69. The average molecular weight is 412 g/mol. The third kappa shape index (κ3) is 5.11. The number of amides is 1. The lowest BCUT2D eigenvalue weighted by atomic mass is 10.2. The van der Waals surface area contributed by atoms with E-state index in [0.717, 1.165) is 29.5 Å². The van der Waals surface area contributed by atoms with Gasteiger partial charge in [0.1, 0.15) is 11.5 Å². The molecule has 0 bridgehead atoms. The summed E-state index contributed by atoms with van der Waals surface area (Å²) < 4.78 is 0. The van der Waals surface area contributed by atoms with Gasteiger partial charge in [-0.2, -0.15) is 0 Å². The minimum atomic E-state index is -0.250. The Labute approximate surface area is 171 Å². The molecule has 0 aliphatic carbocycles. The summed E-state index contributed by atoms with van der Waals surface area (Å²) >= 11 is 1.50. The number of pyridine rings is 1. The number of aromatic nitrogens is 4. The molecule has 0 radical (unpaired) electrons. The van der Waals surface area contributed by atoms with E-state index >= 15 is 0 Å². The highest BCUT2D eigenvalue weighted by molar-refractivity contribution is 7.13. The standard InChI is InChI=1S/C18H18N6OS.CH2O2/c1-24-10-6-12-3-4-14(23-16(12)24)17(25)21-9-5-13-11-26-18(22-13)15-19-7-2-8-20-15;2-1-3/h2-4,7-8,11H,5-6,9-10H2,1H3,(H,21,25);1H,(H,2,3). The van der Waals surface area contributed by atoms with Gasteiger partial charge in [0.05, 0.1) is 5.69 Å². The Kier molecular flexibility index (Phi) is 6.80. The first-order chi connectivity index (χ1) is 14.1. The molecule has 4 rings (SSSR count). The largest absolute Gasteiger partial charge is 0.483 e. The Morgan fingerprint density at radius 2 is 2.07 bits per heavy atom. The monoisotopic (exact) mass is 412 g/mol. The summed E-state index contributed by atoms with van der Waals surface area (Å²) in [6.45, 7) is 1.21. The van der Waals surface area contributed by atoms with Crippen LogP contribution in [0, 0.1) is 0 Å². The highest BCUT2D eigenvalue weighted by atomic mass is 32.1. The fourth-order valence-electron chi connectivity index (χ4n) is 2.85. The van der Waals surface area contributed by atoms with E-state index < -0.39 is 0 Å². The highest BCUT2D eigenvalue weighted by Crippen LogP contribution is 2.24. The van der Waals surface area contributed by atoms with Crippen LogP contribution in [0.4, 0.5) is 5.82 Å². The Hall–Kier alpha value is -3.40. The lowest BCUT2D eigenvalue weighted by molar-refractivity contribution is -0.122. The molecule has 1 amide bonds. The van der Waals surface area contributed by atoms with E-state index in [9.17, 15) is 4.79 Å². The third-order valence-electron chi connectivity index (χ3n) is 4.24. The number of carbonyl (C=O) groups is 2. The van der Waals surface area contributed by atoms with Crippen molar-refractivity contribution in [3.05, 3.63) is 52.9 Å². The fraction of sp³-hybridized carbons (Fsp3) is 0.263. The number of carbonyl (C=O) groups excluding carboxylic acids is 1. The number of nitrogens with one attached hydrogen (secondary N) is 1. The Morgan fingerprint density at radius 3 is 2.83 bits per heavy atom. The first-order valence-corrected chi connectivity index (χ1v) is 9.79. The quantitative estimate of drug-likeness (QED) is 0.607. The summed E-state index contributed by atoms with van der Waals surface area (Å²) in [5.74, 6) is 1.37. The van der Waals surface area contributed by atoms with Gasteiger partial charge < -0.3 is 15.3 Å². The van der Waals surface area contributed by atoms with Crippen LogP contribution >= 0.6 is 11.3 Å². The van der Waals surface area contributed by atoms with Crippen molar-refractivity contribution in [1.82, 2.24) is 25.3 Å². The van der Waals surface area contributed by atoms with E-state index in [2.05, 4.69) is 30.2 Å². The van der Waals surface area contributed by atoms with Gasteiger partial charge in [-0.15, -0.1) is 11.3 Å². The molecule has 0 unspecified atom stereocenters. The molecule has 0 aromatic carbocycles. The van der Waals surface area contributed by atoms with Crippen LogP contribution in [0.25, 0.3) is 10.8 Å². The number of anilines is 1. The number of carboxylic acid groups (broad SMARTS) is 1. The van der Waals surface area contributed by atoms with Gasteiger partial charge in [0, 0.05) is 44.3 Å². The molecule has 0 spiro atoms. The molecular formula is C19H20N6O3S. The summed E-state index contributed by atoms with van der Waals surface area (Å²) in [4.78, 5) is 40.2. The van der Waals surface area contributed by atoms with Crippen LogP contribution in [0.3, 0.4) is 0 Å². The van der Waals surface area contributed by atoms with Crippen molar-refractivity contribution < 1.29 is 14.7 Å². The summed E-state index contributed by atoms with van der Waals surface area (Å²) in [5, 5.41) is 12.6. The van der Waals surface area contributed by atoms with E-state index in [0.29, 0.717) is 24.5 Å². The average Bonchev–Trinajstić information content (AvgIpc) is 3.36. The number of hydrogen-bond donors (Lipinski definition) is 2. The zero-order valence-corrected chi connectivity index (χ0v) is 16.6. The summed E-state index contributed by atoms with van der Waals surface area (Å²) in [5.41, 5.74) is 2.57. The van der Waals surface area contributed by atoms with Crippen LogP contribution in [-0.4, -0.2) is 57.6 Å². The molecule has 29 heavy (non-hydrogen) atoms. The van der Waals surface area contributed by atoms with Crippen molar-refractivity contribution in [2.75, 3.05) is 25.0 Å². The summed E-state index contributed by atoms with van der Waals surface area (Å²) in [6, 6.07) is 5.56. The molecule has 0 atom stereocenters. The molecule has 10 heteroatoms. The topological polar surface area (TPSA) is 121 Å². The van der Waals surface area contributed by atoms with E-state index in [-0.39, 0.29) is 12.4 Å². The molecule has 1 aliphatic rings. The van der Waals surface area contributed by atoms with Crippen molar-refractivity contribution in [3.63, 3.8) is 0 Å². The van der Waals surface area contributed by atoms with Crippen LogP contribution in [0.5, 0.6) is 0 Å². The zero-order chi connectivity index (χ0) is 20.6. The van der Waals surface area contributed by atoms with Gasteiger partial charge in [-0.3, -0.25) is 9.59 Å². The molecule has 3 aromatic rings. The molecule has 0 saturated carbocycles. The summed E-state index contributed by atoms with van der Waals surface area (Å²) in [6.07, 6.45) is 5.04. The van der Waals surface area contributed by atoms with Crippen molar-refractivity contribution in [2.45, 2.75) is 12.8 Å². The van der Waals surface area contributed by atoms with Gasteiger partial charge >= 0.3 is 0 Å². The molecule has 150 valence electrons. The van der Waals surface area contributed by atoms with Crippen LogP contribution < -0.4 is 10.2 Å². The number of thiazole rings is 1. The number of likely N-dealkylation sites (N-methyl/N-ethyl adjacent to an activating group) is 1. The van der Waals surface area contributed by atoms with Gasteiger partial charge in [0.15, 0.2) is 10.8 Å². The molecule has 3 aromatic heterocycles. The molecule has 2 N–H and O–H groups in total. The molecule has 0 fully saturated rings. The van der Waals surface area contributed by atoms with E-state index in [1.807, 2.05) is 18.5 Å². The van der Waals surface area contributed by atoms with Gasteiger partial charge in [-0.05, 0) is 24.1 Å². The molecule has 4 heterocycles. The third-order valence-corrected chi connectivity index (χ3v) is 5.13. The van der Waals surface area contributed by atoms with E-state index in [1.165, 1.54) is 16.9 Å². The van der Waals surface area contributed by atoms with Crippen molar-refractivity contribution in [1.29, 1.82) is 0 Å². The van der Waals surface area contributed by atoms with Gasteiger partial charge in [-0.1, -0.05) is 6.07 Å². The van der Waals surface area contributed by atoms with Crippen LogP contribution in [0.1, 0.15) is 21.7 Å². The second-order valence-corrected chi connectivity index (χ2v) is 7.04. The maximum atomic E-state index is 12.3. The SMILES string of the molecule is CN1CCc2ccc(C(=O)NCCc3csc(-c4ncccn4)n3)nc21.O=CO. The minimum absolute atomic E-state index is 0.157. The Bertz CT molecular complexity index is 979. The zero-order valence-electron chi connectivity index (χ0n) is 15.8. The normalized spacial score (nSPS) is 12.0. The molecule has 1 aliphatic heterocycles. The molecule has 0 saturated heterocycles. The first kappa shape index (κ1) is 20.3. The number of hydrogen-bond acceptors (Lipinski definition) is 8.